The summed E-state index contributed by atoms with van der Waals surface area (Å²) in [7, 11) is 0. The summed E-state index contributed by atoms with van der Waals surface area (Å²) in [6.45, 7) is 1.71. The van der Waals surface area contributed by atoms with Gasteiger partial charge in [-0.05, 0) is 19.4 Å². The Morgan fingerprint density at radius 3 is 3.06 bits per heavy atom. The van der Waals surface area contributed by atoms with Gasteiger partial charge in [-0.25, -0.2) is 9.18 Å². The van der Waals surface area contributed by atoms with Crippen LogP contribution in [0.2, 0.25) is 0 Å². The van der Waals surface area contributed by atoms with Crippen LogP contribution in [0.5, 0.6) is 0 Å². The van der Waals surface area contributed by atoms with E-state index in [4.69, 9.17) is 0 Å². The van der Waals surface area contributed by atoms with E-state index in [1.807, 2.05) is 12.1 Å². The summed E-state index contributed by atoms with van der Waals surface area (Å²) < 4.78 is 18.9. The van der Waals surface area contributed by atoms with E-state index in [1.165, 1.54) is 0 Å². The summed E-state index contributed by atoms with van der Waals surface area (Å²) in [5.74, 6) is -0.422. The second-order valence-corrected chi connectivity index (χ2v) is 5.27. The van der Waals surface area contributed by atoms with Crippen molar-refractivity contribution >= 4 is 17.7 Å². The fourth-order valence-corrected chi connectivity index (χ4v) is 3.28. The largest absolute Gasteiger partial charge is 0.464 e. The maximum Gasteiger partial charge on any atom is 0.344 e. The van der Waals surface area contributed by atoms with Crippen molar-refractivity contribution in [2.45, 2.75) is 30.0 Å². The fourth-order valence-electron chi connectivity index (χ4n) is 2.08. The lowest BCUT2D eigenvalue weighted by Gasteiger charge is -2.35. The fraction of sp³-hybridized carbons (Fsp3) is 0.462. The lowest BCUT2D eigenvalue weighted by molar-refractivity contribution is -0.162. The van der Waals surface area contributed by atoms with E-state index in [9.17, 15) is 14.3 Å². The molecule has 0 saturated heterocycles. The average molecular weight is 270 g/mol. The van der Waals surface area contributed by atoms with Crippen molar-refractivity contribution in [1.29, 1.82) is 0 Å². The van der Waals surface area contributed by atoms with Crippen LogP contribution < -0.4 is 0 Å². The Morgan fingerprint density at radius 1 is 1.61 bits per heavy atom. The van der Waals surface area contributed by atoms with Crippen molar-refractivity contribution in [3.8, 4) is 0 Å². The molecule has 1 aliphatic rings. The van der Waals surface area contributed by atoms with Crippen molar-refractivity contribution in [2.75, 3.05) is 12.4 Å². The van der Waals surface area contributed by atoms with Crippen LogP contribution in [-0.4, -0.2) is 29.6 Å². The molecule has 1 heterocycles. The van der Waals surface area contributed by atoms with E-state index in [0.29, 0.717) is 11.3 Å². The van der Waals surface area contributed by atoms with E-state index in [1.54, 1.807) is 30.8 Å². The molecule has 0 amide bonds. The number of hydrogen-bond donors (Lipinski definition) is 1. The number of aliphatic hydroxyl groups is 1. The van der Waals surface area contributed by atoms with Crippen molar-refractivity contribution < 1.29 is 19.0 Å². The van der Waals surface area contributed by atoms with E-state index >= 15 is 0 Å². The maximum atomic E-state index is 14.2. The molecule has 18 heavy (non-hydrogen) atoms. The molecule has 3 nitrogen and oxygen atoms in total. The van der Waals surface area contributed by atoms with Gasteiger partial charge in [-0.2, -0.15) is 0 Å². The standard InChI is InChI=1S/C13H15FO3S/c1-2-17-12(15)11(14)13(16)7-8-18-10-6-4-3-5-9(10)13/h3-6,11,16H,2,7-8H2,1H3. The van der Waals surface area contributed by atoms with Crippen LogP contribution in [0, 0.1) is 0 Å². The van der Waals surface area contributed by atoms with E-state index in [2.05, 4.69) is 4.74 Å². The summed E-state index contributed by atoms with van der Waals surface area (Å²) in [6.07, 6.45) is -1.84. The third kappa shape index (κ3) is 2.24. The van der Waals surface area contributed by atoms with Gasteiger partial charge in [-0.1, -0.05) is 18.2 Å². The number of fused-ring (bicyclic) bond motifs is 1. The third-order valence-corrected chi connectivity index (χ3v) is 4.08. The summed E-state index contributed by atoms with van der Waals surface area (Å²) in [5, 5.41) is 10.5. The first-order valence-electron chi connectivity index (χ1n) is 5.85. The predicted molar refractivity (Wildman–Crippen MR) is 67.2 cm³/mol. The van der Waals surface area contributed by atoms with Crippen LogP contribution in [0.4, 0.5) is 4.39 Å². The van der Waals surface area contributed by atoms with E-state index in [-0.39, 0.29) is 13.0 Å². The van der Waals surface area contributed by atoms with Gasteiger partial charge in [0.15, 0.2) is 0 Å². The molecule has 1 aliphatic heterocycles. The number of thioether (sulfide) groups is 1. The molecule has 0 bridgehead atoms. The van der Waals surface area contributed by atoms with Crippen LogP contribution in [0.25, 0.3) is 0 Å². The molecule has 0 fully saturated rings. The number of halogens is 1. The highest BCUT2D eigenvalue weighted by Crippen LogP contribution is 2.43. The Labute approximate surface area is 109 Å². The minimum atomic E-state index is -2.04. The van der Waals surface area contributed by atoms with Crippen molar-refractivity contribution in [3.05, 3.63) is 29.8 Å². The molecular formula is C13H15FO3S. The second-order valence-electron chi connectivity index (χ2n) is 4.13. The number of benzene rings is 1. The summed E-state index contributed by atoms with van der Waals surface area (Å²) in [4.78, 5) is 12.3. The molecule has 98 valence electrons. The van der Waals surface area contributed by atoms with Crippen molar-refractivity contribution in [1.82, 2.24) is 0 Å². The third-order valence-electron chi connectivity index (χ3n) is 3.01. The summed E-state index contributed by atoms with van der Waals surface area (Å²) in [5.41, 5.74) is -1.30. The number of rotatable bonds is 3. The van der Waals surface area contributed by atoms with Gasteiger partial charge >= 0.3 is 5.97 Å². The van der Waals surface area contributed by atoms with Crippen LogP contribution in [0.15, 0.2) is 29.2 Å². The monoisotopic (exact) mass is 270 g/mol. The maximum absolute atomic E-state index is 14.2. The number of carbonyl (C=O) groups is 1. The molecule has 2 unspecified atom stereocenters. The smallest absolute Gasteiger partial charge is 0.344 e. The zero-order chi connectivity index (χ0) is 13.2. The number of ether oxygens (including phenoxy) is 1. The number of carbonyl (C=O) groups excluding carboxylic acids is 1. The average Bonchev–Trinajstić information content (AvgIpc) is 2.39. The first-order valence-corrected chi connectivity index (χ1v) is 6.83. The SMILES string of the molecule is CCOC(=O)C(F)C1(O)CCSc2ccccc21. The molecule has 2 rings (SSSR count). The van der Waals surface area contributed by atoms with Crippen LogP contribution in [-0.2, 0) is 15.1 Å². The first-order chi connectivity index (χ1) is 8.59. The van der Waals surface area contributed by atoms with Crippen LogP contribution in [0.1, 0.15) is 18.9 Å². The van der Waals surface area contributed by atoms with E-state index < -0.39 is 17.7 Å². The van der Waals surface area contributed by atoms with Gasteiger partial charge < -0.3 is 9.84 Å². The molecule has 0 spiro atoms. The topological polar surface area (TPSA) is 46.5 Å². The van der Waals surface area contributed by atoms with E-state index in [0.717, 1.165) is 4.90 Å². The number of esters is 1. The molecule has 0 saturated carbocycles. The van der Waals surface area contributed by atoms with Crippen molar-refractivity contribution in [3.63, 3.8) is 0 Å². The Morgan fingerprint density at radius 2 is 2.33 bits per heavy atom. The molecule has 0 radical (unpaired) electrons. The molecule has 2 atom stereocenters. The lowest BCUT2D eigenvalue weighted by Crippen LogP contribution is -2.44. The lowest BCUT2D eigenvalue weighted by atomic mass is 9.86. The van der Waals surface area contributed by atoms with Gasteiger partial charge in [0, 0.05) is 16.2 Å². The highest BCUT2D eigenvalue weighted by Gasteiger charge is 2.47. The Bertz CT molecular complexity index is 452. The highest BCUT2D eigenvalue weighted by molar-refractivity contribution is 7.99. The Kier molecular flexibility index (Phi) is 3.92. The number of hydrogen-bond acceptors (Lipinski definition) is 4. The molecule has 1 aromatic rings. The quantitative estimate of drug-likeness (QED) is 0.856. The number of alkyl halides is 1. The molecule has 0 aromatic heterocycles. The summed E-state index contributed by atoms with van der Waals surface area (Å²) >= 11 is 1.55. The second kappa shape index (κ2) is 5.28. The Balaban J connectivity index is 2.34. The zero-order valence-corrected chi connectivity index (χ0v) is 10.9. The van der Waals surface area contributed by atoms with Crippen molar-refractivity contribution in [2.24, 2.45) is 0 Å². The summed E-state index contributed by atoms with van der Waals surface area (Å²) in [6, 6.07) is 7.04. The molecular weight excluding hydrogens is 255 g/mol. The minimum absolute atomic E-state index is 0.103. The molecule has 1 aromatic carbocycles. The Hall–Kier alpha value is -1.07. The van der Waals surface area contributed by atoms with Gasteiger partial charge in [0.25, 0.3) is 0 Å². The van der Waals surface area contributed by atoms with Crippen LogP contribution in [0.3, 0.4) is 0 Å². The van der Waals surface area contributed by atoms with Gasteiger partial charge in [0.1, 0.15) is 5.60 Å². The minimum Gasteiger partial charge on any atom is -0.464 e. The zero-order valence-electron chi connectivity index (χ0n) is 10.1. The van der Waals surface area contributed by atoms with Gasteiger partial charge in [-0.15, -0.1) is 11.8 Å². The molecule has 1 N–H and O–H groups in total. The first kappa shape index (κ1) is 13.4. The van der Waals surface area contributed by atoms with Crippen LogP contribution >= 0.6 is 11.8 Å². The van der Waals surface area contributed by atoms with Gasteiger partial charge in [-0.3, -0.25) is 0 Å². The molecule has 5 heteroatoms. The van der Waals surface area contributed by atoms with Gasteiger partial charge in [0.05, 0.1) is 6.61 Å². The van der Waals surface area contributed by atoms with Gasteiger partial charge in [0.2, 0.25) is 6.17 Å². The predicted octanol–water partition coefficient (Wildman–Crippen LogP) is 2.27. The normalized spacial score (nSPS) is 24.2. The highest BCUT2D eigenvalue weighted by atomic mass is 32.2. The molecule has 0 aliphatic carbocycles.